The van der Waals surface area contributed by atoms with Crippen molar-refractivity contribution in [1.29, 1.82) is 0 Å². The zero-order valence-electron chi connectivity index (χ0n) is 23.8. The highest BCUT2D eigenvalue weighted by Crippen LogP contribution is 2.66. The lowest BCUT2D eigenvalue weighted by Crippen LogP contribution is -2.50. The maximum absolute atomic E-state index is 12.4. The molecule has 5 aliphatic rings. The van der Waals surface area contributed by atoms with E-state index >= 15 is 0 Å². The van der Waals surface area contributed by atoms with Gasteiger partial charge >= 0.3 is 0 Å². The molecule has 5 atom stereocenters. The number of fused-ring (bicyclic) bond motifs is 4. The van der Waals surface area contributed by atoms with Crippen LogP contribution in [0.25, 0.3) is 0 Å². The minimum atomic E-state index is -1.08. The highest BCUT2D eigenvalue weighted by molar-refractivity contribution is 5.93. The van der Waals surface area contributed by atoms with Crippen LogP contribution in [-0.2, 0) is 4.79 Å². The van der Waals surface area contributed by atoms with E-state index in [-0.39, 0.29) is 23.7 Å². The molecule has 0 heterocycles. The van der Waals surface area contributed by atoms with Crippen LogP contribution in [-0.4, -0.2) is 41.3 Å². The third kappa shape index (κ3) is 4.60. The highest BCUT2D eigenvalue weighted by Gasteiger charge is 2.62. The molecule has 0 amide bonds. The monoisotopic (exact) mass is 527 g/mol. The summed E-state index contributed by atoms with van der Waals surface area (Å²) < 4.78 is 0. The fourth-order valence-corrected chi connectivity index (χ4v) is 9.18. The first-order valence-electron chi connectivity index (χ1n) is 15.5. The van der Waals surface area contributed by atoms with Crippen molar-refractivity contribution in [3.63, 3.8) is 0 Å². The van der Waals surface area contributed by atoms with Gasteiger partial charge in [-0.1, -0.05) is 55.7 Å². The molecule has 1 aromatic rings. The van der Waals surface area contributed by atoms with Gasteiger partial charge in [-0.3, -0.25) is 4.79 Å². The van der Waals surface area contributed by atoms with Gasteiger partial charge < -0.3 is 15.1 Å². The van der Waals surface area contributed by atoms with Crippen molar-refractivity contribution in [2.45, 2.75) is 108 Å². The molecule has 39 heavy (non-hydrogen) atoms. The topological polar surface area (TPSA) is 60.8 Å². The molecule has 5 unspecified atom stereocenters. The fraction of sp³-hybridized carbons (Fsp3) is 0.629. The molecule has 208 valence electrons. The van der Waals surface area contributed by atoms with E-state index in [1.807, 2.05) is 6.08 Å². The van der Waals surface area contributed by atoms with Crippen LogP contribution in [0.4, 0.5) is 5.69 Å². The van der Waals surface area contributed by atoms with Gasteiger partial charge in [0.25, 0.3) is 0 Å². The maximum Gasteiger partial charge on any atom is 0.156 e. The number of hydrogen-bond donors (Lipinski definition) is 2. The zero-order chi connectivity index (χ0) is 27.2. The summed E-state index contributed by atoms with van der Waals surface area (Å²) in [6.45, 7) is 2.05. The van der Waals surface area contributed by atoms with E-state index in [1.54, 1.807) is 5.57 Å². The second-order valence-electron chi connectivity index (χ2n) is 13.2. The first-order valence-corrected chi connectivity index (χ1v) is 15.5. The van der Waals surface area contributed by atoms with Crippen LogP contribution in [0.3, 0.4) is 0 Å². The summed E-state index contributed by atoms with van der Waals surface area (Å²) in [5.74, 6) is 7.19. The number of rotatable bonds is 3. The van der Waals surface area contributed by atoms with Gasteiger partial charge in [0, 0.05) is 36.5 Å². The van der Waals surface area contributed by atoms with Crippen molar-refractivity contribution in [1.82, 2.24) is 0 Å². The SMILES string of the molecule is CN(c1ccc(C2CC3(C)C(CCC3(O)C#CCO)C3CCCC4=CC(=O)CCC4=C23)cc1)C1CCCCC1. The lowest BCUT2D eigenvalue weighted by molar-refractivity contribution is -0.114. The van der Waals surface area contributed by atoms with Crippen molar-refractivity contribution in [3.05, 3.63) is 52.6 Å². The summed E-state index contributed by atoms with van der Waals surface area (Å²) in [7, 11) is 2.25. The predicted octanol–water partition coefficient (Wildman–Crippen LogP) is 6.47. The van der Waals surface area contributed by atoms with E-state index < -0.39 is 5.60 Å². The average molecular weight is 528 g/mol. The molecular formula is C35H45NO3. The van der Waals surface area contributed by atoms with Crippen LogP contribution in [0.5, 0.6) is 0 Å². The Morgan fingerprint density at radius 2 is 1.77 bits per heavy atom. The number of benzene rings is 1. The van der Waals surface area contributed by atoms with Gasteiger partial charge in [-0.15, -0.1) is 0 Å². The normalized spacial score (nSPS) is 34.7. The van der Waals surface area contributed by atoms with Crippen LogP contribution in [0.2, 0.25) is 0 Å². The molecule has 5 aliphatic carbocycles. The van der Waals surface area contributed by atoms with Gasteiger partial charge in [0.05, 0.1) is 0 Å². The first-order chi connectivity index (χ1) is 18.8. The number of nitrogens with zero attached hydrogens (tertiary/aromatic N) is 1. The Morgan fingerprint density at radius 1 is 1.00 bits per heavy atom. The summed E-state index contributed by atoms with van der Waals surface area (Å²) >= 11 is 0. The lowest BCUT2D eigenvalue weighted by Gasteiger charge is -2.52. The molecule has 1 aromatic carbocycles. The number of aliphatic hydroxyl groups excluding tert-OH is 1. The van der Waals surface area contributed by atoms with Crippen molar-refractivity contribution in [3.8, 4) is 11.8 Å². The first kappa shape index (κ1) is 26.9. The molecule has 0 aliphatic heterocycles. The van der Waals surface area contributed by atoms with E-state index in [1.165, 1.54) is 54.5 Å². The van der Waals surface area contributed by atoms with E-state index in [9.17, 15) is 15.0 Å². The second-order valence-corrected chi connectivity index (χ2v) is 13.2. The molecular weight excluding hydrogens is 482 g/mol. The van der Waals surface area contributed by atoms with Crippen LogP contribution in [0.15, 0.2) is 47.1 Å². The smallest absolute Gasteiger partial charge is 0.156 e. The van der Waals surface area contributed by atoms with E-state index in [0.29, 0.717) is 30.7 Å². The van der Waals surface area contributed by atoms with Gasteiger partial charge in [-0.05, 0) is 105 Å². The standard InChI is InChI=1S/C35H45NO3/c1-34-23-31(24-12-14-27(15-13-24)36(2)26-9-4-3-5-10-26)33-29-17-16-28(38)22-25(29)8-6-11-30(33)32(34)18-20-35(34,39)19-7-21-37/h12-15,22,26,30-32,37,39H,3-6,8-11,16-18,20-21,23H2,1-2H3. The Morgan fingerprint density at radius 3 is 2.51 bits per heavy atom. The molecule has 0 bridgehead atoms. The Hall–Kier alpha value is -2.35. The number of aliphatic hydroxyl groups is 2. The summed E-state index contributed by atoms with van der Waals surface area (Å²) in [6.07, 6.45) is 15.6. The molecule has 4 nitrogen and oxygen atoms in total. The highest BCUT2D eigenvalue weighted by atomic mass is 16.3. The van der Waals surface area contributed by atoms with Gasteiger partial charge in [0.1, 0.15) is 12.2 Å². The third-order valence-corrected chi connectivity index (χ3v) is 11.3. The van der Waals surface area contributed by atoms with Gasteiger partial charge in [0.2, 0.25) is 0 Å². The van der Waals surface area contributed by atoms with Crippen molar-refractivity contribution < 1.29 is 15.0 Å². The number of allylic oxidation sites excluding steroid dienone is 4. The quantitative estimate of drug-likeness (QED) is 0.442. The molecule has 3 fully saturated rings. The zero-order valence-corrected chi connectivity index (χ0v) is 23.8. The average Bonchev–Trinajstić information content (AvgIpc) is 3.09. The molecule has 2 N–H and O–H groups in total. The summed E-state index contributed by atoms with van der Waals surface area (Å²) in [6, 6.07) is 9.92. The third-order valence-electron chi connectivity index (χ3n) is 11.3. The van der Waals surface area contributed by atoms with E-state index in [2.05, 4.69) is 55.0 Å². The molecule has 0 radical (unpaired) electrons. The van der Waals surface area contributed by atoms with E-state index in [4.69, 9.17) is 0 Å². The molecule has 0 aromatic heterocycles. The Kier molecular flexibility index (Phi) is 7.27. The number of anilines is 1. The van der Waals surface area contributed by atoms with Crippen LogP contribution >= 0.6 is 0 Å². The largest absolute Gasteiger partial charge is 0.384 e. The fourth-order valence-electron chi connectivity index (χ4n) is 9.18. The number of hydrogen-bond acceptors (Lipinski definition) is 4. The van der Waals surface area contributed by atoms with Crippen molar-refractivity contribution in [2.24, 2.45) is 17.3 Å². The lowest BCUT2D eigenvalue weighted by atomic mass is 9.53. The molecule has 3 saturated carbocycles. The van der Waals surface area contributed by atoms with Crippen LogP contribution < -0.4 is 4.90 Å². The Bertz CT molecular complexity index is 1230. The Labute approximate surface area is 234 Å². The molecule has 4 heteroatoms. The van der Waals surface area contributed by atoms with Crippen molar-refractivity contribution >= 4 is 11.5 Å². The predicted molar refractivity (Wildman–Crippen MR) is 156 cm³/mol. The maximum atomic E-state index is 12.4. The minimum Gasteiger partial charge on any atom is -0.384 e. The minimum absolute atomic E-state index is 0.204. The molecule has 0 saturated heterocycles. The van der Waals surface area contributed by atoms with Crippen LogP contribution in [0, 0.1) is 29.1 Å². The van der Waals surface area contributed by atoms with E-state index in [0.717, 1.165) is 38.5 Å². The number of carbonyl (C=O) groups is 1. The van der Waals surface area contributed by atoms with Gasteiger partial charge in [0.15, 0.2) is 5.78 Å². The second kappa shape index (κ2) is 10.6. The number of carbonyl (C=O) groups excluding carboxylic acids is 1. The summed E-state index contributed by atoms with van der Waals surface area (Å²) in [5.41, 5.74) is 5.47. The van der Waals surface area contributed by atoms with Gasteiger partial charge in [-0.25, -0.2) is 0 Å². The van der Waals surface area contributed by atoms with Crippen molar-refractivity contribution in [2.75, 3.05) is 18.6 Å². The van der Waals surface area contributed by atoms with Crippen LogP contribution in [0.1, 0.15) is 102 Å². The number of ketones is 1. The molecule has 0 spiro atoms. The summed E-state index contributed by atoms with van der Waals surface area (Å²) in [4.78, 5) is 14.9. The summed E-state index contributed by atoms with van der Waals surface area (Å²) in [5, 5.41) is 21.4. The molecule has 6 rings (SSSR count). The Balaban J connectivity index is 1.42. The van der Waals surface area contributed by atoms with Gasteiger partial charge in [-0.2, -0.15) is 0 Å².